The fourth-order valence-corrected chi connectivity index (χ4v) is 1.55. The van der Waals surface area contributed by atoms with Crippen molar-refractivity contribution in [2.45, 2.75) is 13.3 Å². The topological polar surface area (TPSA) is 24.1 Å². The second-order valence-corrected chi connectivity index (χ2v) is 3.72. The lowest BCUT2D eigenvalue weighted by molar-refractivity contribution is 0.579. The molecule has 0 heterocycles. The van der Waals surface area contributed by atoms with Crippen molar-refractivity contribution in [3.8, 4) is 0 Å². The van der Waals surface area contributed by atoms with E-state index < -0.39 is 11.6 Å². The van der Waals surface area contributed by atoms with Crippen molar-refractivity contribution in [1.82, 2.24) is 10.6 Å². The molecule has 0 saturated heterocycles. The van der Waals surface area contributed by atoms with Gasteiger partial charge in [-0.15, -0.1) is 0 Å². The monoisotopic (exact) mass is 244 g/mol. The first-order chi connectivity index (χ1) is 7.61. The van der Waals surface area contributed by atoms with Gasteiger partial charge in [0.2, 0.25) is 0 Å². The summed E-state index contributed by atoms with van der Waals surface area (Å²) in [6, 6.07) is 3.50. The lowest BCUT2D eigenvalue weighted by Gasteiger charge is -2.08. The number of rotatable bonds is 4. The molecule has 0 amide bonds. The number of hydrogen-bond acceptors (Lipinski definition) is 1. The molecule has 0 bridgehead atoms. The Balaban J connectivity index is 2.40. The van der Waals surface area contributed by atoms with Gasteiger partial charge in [-0.2, -0.15) is 0 Å². The normalized spacial score (nSPS) is 9.94. The highest BCUT2D eigenvalue weighted by molar-refractivity contribution is 7.80. The maximum atomic E-state index is 12.8. The van der Waals surface area contributed by atoms with E-state index in [9.17, 15) is 8.78 Å². The van der Waals surface area contributed by atoms with E-state index in [2.05, 4.69) is 10.6 Å². The molecule has 0 aliphatic heterocycles. The largest absolute Gasteiger partial charge is 0.363 e. The Morgan fingerprint density at radius 3 is 2.38 bits per heavy atom. The van der Waals surface area contributed by atoms with Gasteiger partial charge in [-0.1, -0.05) is 0 Å². The Kier molecular flexibility index (Phi) is 5.11. The van der Waals surface area contributed by atoms with E-state index in [1.807, 2.05) is 6.92 Å². The molecule has 2 N–H and O–H groups in total. The minimum Gasteiger partial charge on any atom is -0.363 e. The Morgan fingerprint density at radius 2 is 1.81 bits per heavy atom. The van der Waals surface area contributed by atoms with Crippen LogP contribution in [0, 0.1) is 11.6 Å². The molecule has 0 unspecified atom stereocenters. The molecule has 1 aromatic rings. The SMILES string of the molecule is CCNC(=S)NCCc1cc(F)cc(F)c1. The second-order valence-electron chi connectivity index (χ2n) is 3.31. The van der Waals surface area contributed by atoms with Crippen molar-refractivity contribution in [3.63, 3.8) is 0 Å². The predicted octanol–water partition coefficient (Wildman–Crippen LogP) is 1.99. The van der Waals surface area contributed by atoms with Gasteiger partial charge in [-0.3, -0.25) is 0 Å². The van der Waals surface area contributed by atoms with Gasteiger partial charge in [0, 0.05) is 19.2 Å². The van der Waals surface area contributed by atoms with E-state index in [0.717, 1.165) is 12.6 Å². The third-order valence-electron chi connectivity index (χ3n) is 1.96. The molecule has 5 heteroatoms. The van der Waals surface area contributed by atoms with Gasteiger partial charge in [-0.25, -0.2) is 8.78 Å². The molecule has 1 aromatic carbocycles. The van der Waals surface area contributed by atoms with Crippen LogP contribution >= 0.6 is 12.2 Å². The van der Waals surface area contributed by atoms with Crippen molar-refractivity contribution in [1.29, 1.82) is 0 Å². The summed E-state index contributed by atoms with van der Waals surface area (Å²) in [5, 5.41) is 6.43. The van der Waals surface area contributed by atoms with Crippen molar-refractivity contribution in [3.05, 3.63) is 35.4 Å². The smallest absolute Gasteiger partial charge is 0.166 e. The summed E-state index contributed by atoms with van der Waals surface area (Å²) in [6.45, 7) is 3.24. The van der Waals surface area contributed by atoms with E-state index in [1.165, 1.54) is 12.1 Å². The summed E-state index contributed by atoms with van der Waals surface area (Å²) in [4.78, 5) is 0. The molecular formula is C11H14F2N2S. The highest BCUT2D eigenvalue weighted by Crippen LogP contribution is 2.07. The maximum absolute atomic E-state index is 12.8. The zero-order valence-electron chi connectivity index (χ0n) is 9.02. The molecule has 0 atom stereocenters. The molecule has 0 aromatic heterocycles. The van der Waals surface area contributed by atoms with Crippen LogP contribution in [-0.4, -0.2) is 18.2 Å². The molecular weight excluding hydrogens is 230 g/mol. The van der Waals surface area contributed by atoms with Crippen molar-refractivity contribution in [2.24, 2.45) is 0 Å². The molecule has 2 nitrogen and oxygen atoms in total. The predicted molar refractivity (Wildman–Crippen MR) is 64.3 cm³/mol. The van der Waals surface area contributed by atoms with Crippen molar-refractivity contribution >= 4 is 17.3 Å². The summed E-state index contributed by atoms with van der Waals surface area (Å²) in [5.74, 6) is -1.10. The minimum atomic E-state index is -0.552. The minimum absolute atomic E-state index is 0.528. The van der Waals surface area contributed by atoms with E-state index in [-0.39, 0.29) is 0 Å². The molecule has 0 aliphatic carbocycles. The number of hydrogen-bond donors (Lipinski definition) is 2. The van der Waals surface area contributed by atoms with Crippen LogP contribution in [0.3, 0.4) is 0 Å². The van der Waals surface area contributed by atoms with Crippen molar-refractivity contribution < 1.29 is 8.78 Å². The fourth-order valence-electron chi connectivity index (χ4n) is 1.30. The Labute approximate surface area is 99.0 Å². The Morgan fingerprint density at radius 1 is 1.19 bits per heavy atom. The van der Waals surface area contributed by atoms with Gasteiger partial charge in [0.1, 0.15) is 11.6 Å². The Bertz CT molecular complexity index is 349. The molecule has 0 spiro atoms. The van der Waals surface area contributed by atoms with Gasteiger partial charge < -0.3 is 10.6 Å². The number of nitrogens with one attached hydrogen (secondary N) is 2. The highest BCUT2D eigenvalue weighted by atomic mass is 32.1. The van der Waals surface area contributed by atoms with Gasteiger partial charge in [0.15, 0.2) is 5.11 Å². The lowest BCUT2D eigenvalue weighted by atomic mass is 10.1. The van der Waals surface area contributed by atoms with E-state index in [1.54, 1.807) is 0 Å². The molecule has 88 valence electrons. The molecule has 0 radical (unpaired) electrons. The summed E-state index contributed by atoms with van der Waals surface area (Å²) in [6.07, 6.45) is 0.528. The molecule has 0 fully saturated rings. The van der Waals surface area contributed by atoms with Crippen LogP contribution in [0.1, 0.15) is 12.5 Å². The molecule has 0 aliphatic rings. The van der Waals surface area contributed by atoms with Crippen LogP contribution < -0.4 is 10.6 Å². The zero-order chi connectivity index (χ0) is 12.0. The van der Waals surface area contributed by atoms with E-state index in [0.29, 0.717) is 23.6 Å². The van der Waals surface area contributed by atoms with E-state index in [4.69, 9.17) is 12.2 Å². The van der Waals surface area contributed by atoms with Gasteiger partial charge in [0.25, 0.3) is 0 Å². The summed E-state index contributed by atoms with van der Waals surface area (Å²) >= 11 is 4.95. The van der Waals surface area contributed by atoms with Crippen molar-refractivity contribution in [2.75, 3.05) is 13.1 Å². The number of benzene rings is 1. The van der Waals surface area contributed by atoms with Crippen LogP contribution in [0.4, 0.5) is 8.78 Å². The van der Waals surface area contributed by atoms with E-state index >= 15 is 0 Å². The van der Waals surface area contributed by atoms with Crippen LogP contribution in [0.2, 0.25) is 0 Å². The van der Waals surface area contributed by atoms with Crippen LogP contribution in [-0.2, 0) is 6.42 Å². The molecule has 16 heavy (non-hydrogen) atoms. The second kappa shape index (κ2) is 6.37. The highest BCUT2D eigenvalue weighted by Gasteiger charge is 2.00. The average Bonchev–Trinajstić information content (AvgIpc) is 2.16. The van der Waals surface area contributed by atoms with Gasteiger partial charge in [0.05, 0.1) is 0 Å². The third-order valence-corrected chi connectivity index (χ3v) is 2.25. The molecule has 1 rings (SSSR count). The quantitative estimate of drug-likeness (QED) is 0.792. The summed E-state index contributed by atoms with van der Waals surface area (Å²) in [7, 11) is 0. The zero-order valence-corrected chi connectivity index (χ0v) is 9.83. The summed E-state index contributed by atoms with van der Waals surface area (Å²) in [5.41, 5.74) is 0.615. The first-order valence-corrected chi connectivity index (χ1v) is 5.49. The van der Waals surface area contributed by atoms with Crippen LogP contribution in [0.5, 0.6) is 0 Å². The fraction of sp³-hybridized carbons (Fsp3) is 0.364. The molecule has 0 saturated carbocycles. The third kappa shape index (κ3) is 4.53. The van der Waals surface area contributed by atoms with Crippen LogP contribution in [0.25, 0.3) is 0 Å². The number of halogens is 2. The van der Waals surface area contributed by atoms with Crippen LogP contribution in [0.15, 0.2) is 18.2 Å². The first-order valence-electron chi connectivity index (χ1n) is 5.08. The number of thiocarbonyl (C=S) groups is 1. The lowest BCUT2D eigenvalue weighted by Crippen LogP contribution is -2.36. The maximum Gasteiger partial charge on any atom is 0.166 e. The van der Waals surface area contributed by atoms with Gasteiger partial charge in [-0.05, 0) is 43.3 Å². The summed E-state index contributed by atoms with van der Waals surface area (Å²) < 4.78 is 25.7. The average molecular weight is 244 g/mol. The van der Waals surface area contributed by atoms with Gasteiger partial charge >= 0.3 is 0 Å². The Hall–Kier alpha value is -1.23. The first kappa shape index (κ1) is 12.8. The standard InChI is InChI=1S/C11H14F2N2S/c1-2-14-11(16)15-4-3-8-5-9(12)7-10(13)6-8/h5-7H,2-4H2,1H3,(H2,14,15,16).